The first-order chi connectivity index (χ1) is 16.7. The largest absolute Gasteiger partial charge is 0.455 e. The van der Waals surface area contributed by atoms with Gasteiger partial charge in [-0.05, 0) is 49.6 Å². The summed E-state index contributed by atoms with van der Waals surface area (Å²) in [5.74, 6) is 2.94. The molecule has 5 rings (SSSR count). The maximum atomic E-state index is 12.8. The van der Waals surface area contributed by atoms with Crippen LogP contribution in [0.4, 0.5) is 5.69 Å². The SMILES string of the molecule is Cc1ccc(Oc2ccccc2NC(=O)CSc2nnc(C3CC3)n2Cc2ccccc2)cc1. The van der Waals surface area contributed by atoms with Crippen LogP contribution < -0.4 is 10.1 Å². The lowest BCUT2D eigenvalue weighted by Gasteiger charge is -2.13. The molecule has 0 unspecified atom stereocenters. The third-order valence-corrected chi connectivity index (χ3v) is 6.58. The van der Waals surface area contributed by atoms with Gasteiger partial charge in [-0.25, -0.2) is 0 Å². The highest BCUT2D eigenvalue weighted by atomic mass is 32.2. The minimum atomic E-state index is -0.118. The van der Waals surface area contributed by atoms with Crippen LogP contribution in [0.2, 0.25) is 0 Å². The summed E-state index contributed by atoms with van der Waals surface area (Å²) in [6.45, 7) is 2.74. The number of hydrogen-bond donors (Lipinski definition) is 1. The number of nitrogens with one attached hydrogen (secondary N) is 1. The molecule has 1 aliphatic rings. The van der Waals surface area contributed by atoms with E-state index in [9.17, 15) is 4.79 Å². The molecule has 1 fully saturated rings. The van der Waals surface area contributed by atoms with Gasteiger partial charge in [-0.1, -0.05) is 71.9 Å². The monoisotopic (exact) mass is 470 g/mol. The fraction of sp³-hybridized carbons (Fsp3) is 0.222. The molecule has 1 N–H and O–H groups in total. The van der Waals surface area contributed by atoms with Gasteiger partial charge in [-0.2, -0.15) is 0 Å². The molecule has 4 aromatic rings. The van der Waals surface area contributed by atoms with Crippen molar-refractivity contribution in [2.75, 3.05) is 11.1 Å². The summed E-state index contributed by atoms with van der Waals surface area (Å²) in [5.41, 5.74) is 2.99. The number of amides is 1. The number of aryl methyl sites for hydroxylation is 1. The van der Waals surface area contributed by atoms with E-state index in [4.69, 9.17) is 4.74 Å². The average Bonchev–Trinajstić information content (AvgIpc) is 3.62. The molecule has 1 saturated carbocycles. The fourth-order valence-corrected chi connectivity index (χ4v) is 4.42. The molecular formula is C27H26N4O2S. The number of thioether (sulfide) groups is 1. The molecule has 172 valence electrons. The number of benzene rings is 3. The van der Waals surface area contributed by atoms with E-state index in [-0.39, 0.29) is 11.7 Å². The summed E-state index contributed by atoms with van der Waals surface area (Å²) in [6.07, 6.45) is 2.30. The molecule has 1 aromatic heterocycles. The Hall–Kier alpha value is -3.58. The molecule has 0 spiro atoms. The van der Waals surface area contributed by atoms with Crippen LogP contribution >= 0.6 is 11.8 Å². The quantitative estimate of drug-likeness (QED) is 0.302. The molecule has 0 bridgehead atoms. The van der Waals surface area contributed by atoms with Crippen molar-refractivity contribution in [1.29, 1.82) is 0 Å². The molecule has 1 aliphatic carbocycles. The second-order valence-corrected chi connectivity index (χ2v) is 9.38. The lowest BCUT2D eigenvalue weighted by atomic mass is 10.2. The first-order valence-electron chi connectivity index (χ1n) is 11.4. The van der Waals surface area contributed by atoms with Crippen LogP contribution in [0.1, 0.15) is 35.7 Å². The predicted octanol–water partition coefficient (Wildman–Crippen LogP) is 6.04. The van der Waals surface area contributed by atoms with Gasteiger partial charge in [0.1, 0.15) is 11.6 Å². The van der Waals surface area contributed by atoms with Crippen molar-refractivity contribution in [2.24, 2.45) is 0 Å². The van der Waals surface area contributed by atoms with Crippen LogP contribution in [0.15, 0.2) is 84.0 Å². The molecular weight excluding hydrogens is 444 g/mol. The van der Waals surface area contributed by atoms with Crippen molar-refractivity contribution in [2.45, 2.75) is 37.4 Å². The lowest BCUT2D eigenvalue weighted by Crippen LogP contribution is -2.15. The highest BCUT2D eigenvalue weighted by Gasteiger charge is 2.30. The van der Waals surface area contributed by atoms with Gasteiger partial charge in [-0.15, -0.1) is 10.2 Å². The van der Waals surface area contributed by atoms with Gasteiger partial charge in [0.25, 0.3) is 0 Å². The van der Waals surface area contributed by atoms with Crippen LogP contribution in [-0.2, 0) is 11.3 Å². The molecule has 34 heavy (non-hydrogen) atoms. The van der Waals surface area contributed by atoms with Gasteiger partial charge in [0, 0.05) is 5.92 Å². The smallest absolute Gasteiger partial charge is 0.234 e. The van der Waals surface area contributed by atoms with E-state index in [1.807, 2.05) is 73.7 Å². The Labute approximate surface area is 203 Å². The van der Waals surface area contributed by atoms with E-state index in [1.54, 1.807) is 0 Å². The number of anilines is 1. The van der Waals surface area contributed by atoms with Crippen molar-refractivity contribution in [3.63, 3.8) is 0 Å². The number of carbonyl (C=O) groups is 1. The second kappa shape index (κ2) is 10.1. The predicted molar refractivity (Wildman–Crippen MR) is 135 cm³/mol. The number of hydrogen-bond acceptors (Lipinski definition) is 5. The Kier molecular flexibility index (Phi) is 6.62. The minimum Gasteiger partial charge on any atom is -0.455 e. The number of para-hydroxylation sites is 2. The van der Waals surface area contributed by atoms with E-state index < -0.39 is 0 Å². The summed E-state index contributed by atoms with van der Waals surface area (Å²) >= 11 is 1.41. The Balaban J connectivity index is 1.25. The Bertz CT molecular complexity index is 1270. The molecule has 1 amide bonds. The van der Waals surface area contributed by atoms with Crippen molar-refractivity contribution < 1.29 is 9.53 Å². The third-order valence-electron chi connectivity index (χ3n) is 5.61. The van der Waals surface area contributed by atoms with E-state index in [2.05, 4.69) is 32.2 Å². The minimum absolute atomic E-state index is 0.118. The van der Waals surface area contributed by atoms with Crippen LogP contribution in [0.5, 0.6) is 11.5 Å². The van der Waals surface area contributed by atoms with Gasteiger partial charge in [0.15, 0.2) is 10.9 Å². The number of nitrogens with zero attached hydrogens (tertiary/aromatic N) is 3. The Morgan fingerprint density at radius 2 is 1.74 bits per heavy atom. The number of aromatic nitrogens is 3. The maximum Gasteiger partial charge on any atom is 0.234 e. The summed E-state index contributed by atoms with van der Waals surface area (Å²) in [5, 5.41) is 12.6. The Morgan fingerprint density at radius 1 is 1.00 bits per heavy atom. The van der Waals surface area contributed by atoms with Crippen LogP contribution in [-0.4, -0.2) is 26.4 Å². The number of carbonyl (C=O) groups excluding carboxylic acids is 1. The zero-order valence-electron chi connectivity index (χ0n) is 19.0. The van der Waals surface area contributed by atoms with Crippen molar-refractivity contribution in [3.8, 4) is 11.5 Å². The van der Waals surface area contributed by atoms with Gasteiger partial charge in [0.05, 0.1) is 18.0 Å². The molecule has 0 atom stereocenters. The molecule has 3 aromatic carbocycles. The van der Waals surface area contributed by atoms with Crippen molar-refractivity contribution >= 4 is 23.4 Å². The molecule has 7 heteroatoms. The van der Waals surface area contributed by atoms with E-state index in [0.29, 0.717) is 23.9 Å². The normalized spacial score (nSPS) is 13.0. The van der Waals surface area contributed by atoms with E-state index in [1.165, 1.54) is 17.3 Å². The zero-order valence-corrected chi connectivity index (χ0v) is 19.8. The van der Waals surface area contributed by atoms with E-state index in [0.717, 1.165) is 35.1 Å². The number of ether oxygens (including phenoxy) is 1. The molecule has 0 radical (unpaired) electrons. The van der Waals surface area contributed by atoms with Gasteiger partial charge >= 0.3 is 0 Å². The molecule has 0 aliphatic heterocycles. The van der Waals surface area contributed by atoms with Crippen molar-refractivity contribution in [1.82, 2.24) is 14.8 Å². The fourth-order valence-electron chi connectivity index (χ4n) is 3.67. The summed E-state index contributed by atoms with van der Waals surface area (Å²) in [6, 6.07) is 25.6. The van der Waals surface area contributed by atoms with E-state index >= 15 is 0 Å². The van der Waals surface area contributed by atoms with Crippen LogP contribution in [0.3, 0.4) is 0 Å². The number of rotatable bonds is 9. The topological polar surface area (TPSA) is 69.0 Å². The summed E-state index contributed by atoms with van der Waals surface area (Å²) in [7, 11) is 0. The molecule has 6 nitrogen and oxygen atoms in total. The first-order valence-corrected chi connectivity index (χ1v) is 12.4. The van der Waals surface area contributed by atoms with Crippen molar-refractivity contribution in [3.05, 3.63) is 95.8 Å². The third kappa shape index (κ3) is 5.48. The van der Waals surface area contributed by atoms with Crippen LogP contribution in [0, 0.1) is 6.92 Å². The van der Waals surface area contributed by atoms with Crippen LogP contribution in [0.25, 0.3) is 0 Å². The highest BCUT2D eigenvalue weighted by Crippen LogP contribution is 2.40. The molecule has 1 heterocycles. The Morgan fingerprint density at radius 3 is 2.50 bits per heavy atom. The van der Waals surface area contributed by atoms with Gasteiger partial charge < -0.3 is 14.6 Å². The lowest BCUT2D eigenvalue weighted by molar-refractivity contribution is -0.113. The van der Waals surface area contributed by atoms with Gasteiger partial charge in [-0.3, -0.25) is 4.79 Å². The van der Waals surface area contributed by atoms with Gasteiger partial charge in [0.2, 0.25) is 5.91 Å². The molecule has 0 saturated heterocycles. The highest BCUT2D eigenvalue weighted by molar-refractivity contribution is 7.99. The maximum absolute atomic E-state index is 12.8. The first kappa shape index (κ1) is 22.2. The zero-order chi connectivity index (χ0) is 23.3. The summed E-state index contributed by atoms with van der Waals surface area (Å²) < 4.78 is 8.15. The second-order valence-electron chi connectivity index (χ2n) is 8.43. The standard InChI is InChI=1S/C27H26N4O2S/c1-19-11-15-22(16-12-19)33-24-10-6-5-9-23(24)28-25(32)18-34-27-30-29-26(21-13-14-21)31(27)17-20-7-3-2-4-8-20/h2-12,15-16,21H,13-14,17-18H2,1H3,(H,28,32). The summed E-state index contributed by atoms with van der Waals surface area (Å²) in [4.78, 5) is 12.8. The average molecular weight is 471 g/mol.